The number of thiophene rings is 1. The maximum atomic E-state index is 6.50. The third-order valence-electron chi connectivity index (χ3n) is 3.21. The second-order valence-corrected chi connectivity index (χ2v) is 5.90. The molecular formula is C12H17ClS. The van der Waals surface area contributed by atoms with Gasteiger partial charge in [-0.1, -0.05) is 25.8 Å². The van der Waals surface area contributed by atoms with Crippen LogP contribution in [-0.4, -0.2) is 0 Å². The van der Waals surface area contributed by atoms with Crippen molar-refractivity contribution in [1.82, 2.24) is 0 Å². The SMILES string of the molecule is CC1CCCC(C(Cl)c2cccs2)C1. The Morgan fingerprint density at radius 3 is 3.00 bits per heavy atom. The molecule has 0 spiro atoms. The molecule has 14 heavy (non-hydrogen) atoms. The van der Waals surface area contributed by atoms with Gasteiger partial charge in [0.15, 0.2) is 0 Å². The van der Waals surface area contributed by atoms with Gasteiger partial charge in [-0.3, -0.25) is 0 Å². The summed E-state index contributed by atoms with van der Waals surface area (Å²) in [6.07, 6.45) is 5.38. The van der Waals surface area contributed by atoms with E-state index in [4.69, 9.17) is 11.6 Å². The Morgan fingerprint density at radius 2 is 2.36 bits per heavy atom. The van der Waals surface area contributed by atoms with Crippen LogP contribution in [0.1, 0.15) is 42.9 Å². The van der Waals surface area contributed by atoms with Crippen molar-refractivity contribution in [3.05, 3.63) is 22.4 Å². The highest BCUT2D eigenvalue weighted by atomic mass is 35.5. The number of hydrogen-bond donors (Lipinski definition) is 0. The summed E-state index contributed by atoms with van der Waals surface area (Å²) in [4.78, 5) is 1.35. The molecular weight excluding hydrogens is 212 g/mol. The maximum Gasteiger partial charge on any atom is 0.0706 e. The lowest BCUT2D eigenvalue weighted by molar-refractivity contribution is 0.277. The minimum atomic E-state index is 0.262. The smallest absolute Gasteiger partial charge is 0.0706 e. The standard InChI is InChI=1S/C12H17ClS/c1-9-4-2-5-10(8-9)12(13)11-6-3-7-14-11/h3,6-7,9-10,12H,2,4-5,8H2,1H3. The van der Waals surface area contributed by atoms with E-state index in [0.717, 1.165) is 5.92 Å². The van der Waals surface area contributed by atoms with Gasteiger partial charge in [-0.2, -0.15) is 0 Å². The first-order chi connectivity index (χ1) is 6.77. The number of alkyl halides is 1. The van der Waals surface area contributed by atoms with Gasteiger partial charge >= 0.3 is 0 Å². The molecule has 0 amide bonds. The first-order valence-corrected chi connectivity index (χ1v) is 6.76. The molecule has 0 aromatic carbocycles. The van der Waals surface area contributed by atoms with Crippen LogP contribution in [0.2, 0.25) is 0 Å². The molecule has 1 fully saturated rings. The summed E-state index contributed by atoms with van der Waals surface area (Å²) in [5, 5.41) is 2.38. The van der Waals surface area contributed by atoms with Gasteiger partial charge in [0, 0.05) is 4.88 Å². The van der Waals surface area contributed by atoms with E-state index < -0.39 is 0 Å². The Labute approximate surface area is 95.3 Å². The van der Waals surface area contributed by atoms with E-state index in [1.54, 1.807) is 11.3 Å². The maximum absolute atomic E-state index is 6.50. The summed E-state index contributed by atoms with van der Waals surface area (Å²) >= 11 is 8.30. The van der Waals surface area contributed by atoms with Crippen LogP contribution in [0.25, 0.3) is 0 Å². The van der Waals surface area contributed by atoms with Gasteiger partial charge in [0.05, 0.1) is 5.38 Å². The summed E-state index contributed by atoms with van der Waals surface area (Å²) in [7, 11) is 0. The molecule has 3 unspecified atom stereocenters. The predicted octanol–water partition coefficient (Wildman–Crippen LogP) is 4.85. The fourth-order valence-corrected chi connectivity index (χ4v) is 3.68. The Bertz CT molecular complexity index is 268. The molecule has 0 aliphatic heterocycles. The first-order valence-electron chi connectivity index (χ1n) is 5.45. The Hall–Kier alpha value is -0.0100. The van der Waals surface area contributed by atoms with Crippen molar-refractivity contribution in [2.45, 2.75) is 38.0 Å². The number of halogens is 1. The lowest BCUT2D eigenvalue weighted by Gasteiger charge is -2.29. The van der Waals surface area contributed by atoms with Crippen LogP contribution in [0.5, 0.6) is 0 Å². The summed E-state index contributed by atoms with van der Waals surface area (Å²) in [6.45, 7) is 2.35. The van der Waals surface area contributed by atoms with E-state index >= 15 is 0 Å². The van der Waals surface area contributed by atoms with Crippen LogP contribution >= 0.6 is 22.9 Å². The quantitative estimate of drug-likeness (QED) is 0.635. The van der Waals surface area contributed by atoms with Crippen molar-refractivity contribution in [2.75, 3.05) is 0 Å². The van der Waals surface area contributed by atoms with E-state index in [0.29, 0.717) is 5.92 Å². The van der Waals surface area contributed by atoms with E-state index in [-0.39, 0.29) is 5.38 Å². The number of rotatable bonds is 2. The van der Waals surface area contributed by atoms with Crippen LogP contribution in [0.4, 0.5) is 0 Å². The predicted molar refractivity (Wildman–Crippen MR) is 64.0 cm³/mol. The molecule has 1 aromatic rings. The lowest BCUT2D eigenvalue weighted by Crippen LogP contribution is -2.16. The normalized spacial score (nSPS) is 30.1. The summed E-state index contributed by atoms with van der Waals surface area (Å²) in [5.41, 5.74) is 0. The third kappa shape index (κ3) is 2.32. The summed E-state index contributed by atoms with van der Waals surface area (Å²) in [5.74, 6) is 1.58. The first kappa shape index (κ1) is 10.5. The average molecular weight is 229 g/mol. The fraction of sp³-hybridized carbons (Fsp3) is 0.667. The topological polar surface area (TPSA) is 0 Å². The highest BCUT2D eigenvalue weighted by molar-refractivity contribution is 7.10. The van der Waals surface area contributed by atoms with E-state index in [1.807, 2.05) is 0 Å². The minimum Gasteiger partial charge on any atom is -0.147 e. The van der Waals surface area contributed by atoms with Gasteiger partial charge in [0.1, 0.15) is 0 Å². The van der Waals surface area contributed by atoms with Crippen molar-refractivity contribution in [2.24, 2.45) is 11.8 Å². The largest absolute Gasteiger partial charge is 0.147 e. The van der Waals surface area contributed by atoms with Crippen LogP contribution in [-0.2, 0) is 0 Å². The fourth-order valence-electron chi connectivity index (χ4n) is 2.43. The molecule has 0 nitrogen and oxygen atoms in total. The molecule has 1 aromatic heterocycles. The van der Waals surface area contributed by atoms with E-state index in [9.17, 15) is 0 Å². The lowest BCUT2D eigenvalue weighted by atomic mass is 9.80. The monoisotopic (exact) mass is 228 g/mol. The molecule has 1 aliphatic rings. The molecule has 0 N–H and O–H groups in total. The Kier molecular flexibility index (Phi) is 3.51. The van der Waals surface area contributed by atoms with Crippen LogP contribution in [0, 0.1) is 11.8 Å². The zero-order valence-electron chi connectivity index (χ0n) is 8.58. The zero-order valence-corrected chi connectivity index (χ0v) is 10.2. The molecule has 0 bridgehead atoms. The van der Waals surface area contributed by atoms with E-state index in [1.165, 1.54) is 30.6 Å². The van der Waals surface area contributed by atoms with Crippen LogP contribution in [0.3, 0.4) is 0 Å². The van der Waals surface area contributed by atoms with Gasteiger partial charge < -0.3 is 0 Å². The van der Waals surface area contributed by atoms with Gasteiger partial charge in [-0.05, 0) is 36.1 Å². The van der Waals surface area contributed by atoms with Crippen molar-refractivity contribution < 1.29 is 0 Å². The minimum absolute atomic E-state index is 0.262. The van der Waals surface area contributed by atoms with Crippen molar-refractivity contribution in [3.8, 4) is 0 Å². The molecule has 78 valence electrons. The van der Waals surface area contributed by atoms with Gasteiger partial charge in [0.25, 0.3) is 0 Å². The van der Waals surface area contributed by atoms with Gasteiger partial charge in [-0.15, -0.1) is 22.9 Å². The molecule has 1 saturated carbocycles. The molecule has 0 saturated heterocycles. The second-order valence-electron chi connectivity index (χ2n) is 4.45. The molecule has 2 heteroatoms. The molecule has 1 heterocycles. The van der Waals surface area contributed by atoms with Crippen molar-refractivity contribution >= 4 is 22.9 Å². The molecule has 2 rings (SSSR count). The van der Waals surface area contributed by atoms with Crippen LogP contribution < -0.4 is 0 Å². The summed E-state index contributed by atoms with van der Waals surface area (Å²) in [6, 6.07) is 4.27. The van der Waals surface area contributed by atoms with Crippen molar-refractivity contribution in [1.29, 1.82) is 0 Å². The highest BCUT2D eigenvalue weighted by Gasteiger charge is 2.26. The van der Waals surface area contributed by atoms with Gasteiger partial charge in [0.2, 0.25) is 0 Å². The second kappa shape index (κ2) is 4.67. The summed E-state index contributed by atoms with van der Waals surface area (Å²) < 4.78 is 0. The highest BCUT2D eigenvalue weighted by Crippen LogP contribution is 2.41. The Morgan fingerprint density at radius 1 is 1.50 bits per heavy atom. The number of hydrogen-bond acceptors (Lipinski definition) is 1. The average Bonchev–Trinajstić information content (AvgIpc) is 2.69. The van der Waals surface area contributed by atoms with Crippen LogP contribution in [0.15, 0.2) is 17.5 Å². The third-order valence-corrected chi connectivity index (χ3v) is 4.88. The molecule has 1 aliphatic carbocycles. The van der Waals surface area contributed by atoms with Crippen molar-refractivity contribution in [3.63, 3.8) is 0 Å². The molecule has 0 radical (unpaired) electrons. The zero-order chi connectivity index (χ0) is 9.97. The van der Waals surface area contributed by atoms with E-state index in [2.05, 4.69) is 24.4 Å². The van der Waals surface area contributed by atoms with Gasteiger partial charge in [-0.25, -0.2) is 0 Å². The Balaban J connectivity index is 2.00. The molecule has 3 atom stereocenters.